The van der Waals surface area contributed by atoms with Gasteiger partial charge >= 0.3 is 5.97 Å². The van der Waals surface area contributed by atoms with Gasteiger partial charge in [0.25, 0.3) is 0 Å². The number of hydrogen-bond donors (Lipinski definition) is 2. The van der Waals surface area contributed by atoms with Crippen molar-refractivity contribution in [2.24, 2.45) is 0 Å². The Balaban J connectivity index is 2.75. The Kier molecular flexibility index (Phi) is 4.31. The van der Waals surface area contributed by atoms with E-state index >= 15 is 0 Å². The van der Waals surface area contributed by atoms with Crippen LogP contribution in [0.15, 0.2) is 18.2 Å². The summed E-state index contributed by atoms with van der Waals surface area (Å²) in [6.45, 7) is 1.86. The fourth-order valence-electron chi connectivity index (χ4n) is 1.56. The summed E-state index contributed by atoms with van der Waals surface area (Å²) in [5.41, 5.74) is 1.65. The summed E-state index contributed by atoms with van der Waals surface area (Å²) in [7, 11) is 1.58. The van der Waals surface area contributed by atoms with Crippen molar-refractivity contribution in [3.8, 4) is 5.75 Å². The summed E-state index contributed by atoms with van der Waals surface area (Å²) in [6, 6.07) is 5.34. The lowest BCUT2D eigenvalue weighted by atomic mass is 10.00. The van der Waals surface area contributed by atoms with Crippen LogP contribution in [-0.2, 0) is 4.79 Å². The lowest BCUT2D eigenvalue weighted by Crippen LogP contribution is -2.04. The Morgan fingerprint density at radius 2 is 2.19 bits per heavy atom. The summed E-state index contributed by atoms with van der Waals surface area (Å²) >= 11 is 0. The summed E-state index contributed by atoms with van der Waals surface area (Å²) in [6.07, 6.45) is -0.545. The van der Waals surface area contributed by atoms with Gasteiger partial charge < -0.3 is 14.9 Å². The van der Waals surface area contributed by atoms with Crippen LogP contribution in [0.25, 0.3) is 0 Å². The second kappa shape index (κ2) is 5.51. The van der Waals surface area contributed by atoms with Crippen molar-refractivity contribution >= 4 is 5.97 Å². The number of aliphatic hydroxyl groups is 1. The first-order chi connectivity index (χ1) is 7.54. The largest absolute Gasteiger partial charge is 0.497 e. The van der Waals surface area contributed by atoms with E-state index in [1.165, 1.54) is 0 Å². The molecule has 1 aromatic rings. The molecule has 0 aliphatic rings. The van der Waals surface area contributed by atoms with E-state index in [0.29, 0.717) is 0 Å². The maximum atomic E-state index is 10.4. The standard InChI is InChI=1S/C12H16O4/c1-8-7-9(16-2)3-4-10(8)11(13)5-6-12(14)15/h3-4,7,11,13H,5-6H2,1-2H3,(H,14,15). The predicted octanol–water partition coefficient (Wildman–Crippen LogP) is 1.90. The lowest BCUT2D eigenvalue weighted by molar-refractivity contribution is -0.137. The molecule has 1 unspecified atom stereocenters. The molecule has 4 nitrogen and oxygen atoms in total. The number of ether oxygens (including phenoxy) is 1. The number of carboxylic acids is 1. The SMILES string of the molecule is COc1ccc(C(O)CCC(=O)O)c(C)c1. The first-order valence-electron chi connectivity index (χ1n) is 5.09. The Bertz CT molecular complexity index is 373. The van der Waals surface area contributed by atoms with E-state index in [4.69, 9.17) is 9.84 Å². The molecular weight excluding hydrogens is 208 g/mol. The van der Waals surface area contributed by atoms with Gasteiger partial charge in [0, 0.05) is 6.42 Å². The van der Waals surface area contributed by atoms with Crippen LogP contribution in [0.1, 0.15) is 30.1 Å². The van der Waals surface area contributed by atoms with Gasteiger partial charge in [-0.05, 0) is 36.6 Å². The van der Waals surface area contributed by atoms with Crippen molar-refractivity contribution in [2.45, 2.75) is 25.9 Å². The quantitative estimate of drug-likeness (QED) is 0.801. The Morgan fingerprint density at radius 3 is 2.69 bits per heavy atom. The van der Waals surface area contributed by atoms with E-state index in [1.54, 1.807) is 19.2 Å². The van der Waals surface area contributed by atoms with E-state index in [1.807, 2.05) is 13.0 Å². The van der Waals surface area contributed by atoms with Crippen molar-refractivity contribution in [1.82, 2.24) is 0 Å². The number of aliphatic hydroxyl groups excluding tert-OH is 1. The number of carbonyl (C=O) groups is 1. The molecule has 88 valence electrons. The van der Waals surface area contributed by atoms with E-state index in [9.17, 15) is 9.90 Å². The van der Waals surface area contributed by atoms with Gasteiger partial charge in [-0.15, -0.1) is 0 Å². The van der Waals surface area contributed by atoms with Gasteiger partial charge in [0.05, 0.1) is 13.2 Å². The molecule has 0 spiro atoms. The first-order valence-corrected chi connectivity index (χ1v) is 5.09. The Labute approximate surface area is 94.5 Å². The average Bonchev–Trinajstić information content (AvgIpc) is 2.25. The van der Waals surface area contributed by atoms with Gasteiger partial charge in [-0.3, -0.25) is 4.79 Å². The fourth-order valence-corrected chi connectivity index (χ4v) is 1.56. The highest BCUT2D eigenvalue weighted by molar-refractivity contribution is 5.66. The van der Waals surface area contributed by atoms with Crippen LogP contribution in [0.4, 0.5) is 0 Å². The van der Waals surface area contributed by atoms with Crippen molar-refractivity contribution < 1.29 is 19.7 Å². The molecule has 0 aromatic heterocycles. The van der Waals surface area contributed by atoms with Gasteiger partial charge in [0.15, 0.2) is 0 Å². The summed E-state index contributed by atoms with van der Waals surface area (Å²) < 4.78 is 5.05. The van der Waals surface area contributed by atoms with Gasteiger partial charge in [-0.1, -0.05) is 6.07 Å². The van der Waals surface area contributed by atoms with Gasteiger partial charge in [0.1, 0.15) is 5.75 Å². The molecule has 0 radical (unpaired) electrons. The highest BCUT2D eigenvalue weighted by Gasteiger charge is 2.12. The third-order valence-electron chi connectivity index (χ3n) is 2.47. The van der Waals surface area contributed by atoms with Crippen LogP contribution in [-0.4, -0.2) is 23.3 Å². The van der Waals surface area contributed by atoms with E-state index in [-0.39, 0.29) is 12.8 Å². The molecule has 0 fully saturated rings. The lowest BCUT2D eigenvalue weighted by Gasteiger charge is -2.13. The van der Waals surface area contributed by atoms with Crippen molar-refractivity contribution in [3.05, 3.63) is 29.3 Å². The minimum atomic E-state index is -0.898. The topological polar surface area (TPSA) is 66.8 Å². The van der Waals surface area contributed by atoms with Crippen molar-refractivity contribution in [3.63, 3.8) is 0 Å². The van der Waals surface area contributed by atoms with Crippen LogP contribution < -0.4 is 4.74 Å². The molecule has 1 aromatic carbocycles. The number of rotatable bonds is 5. The number of carboxylic acid groups (broad SMARTS) is 1. The summed E-state index contributed by atoms with van der Waals surface area (Å²) in [4.78, 5) is 10.4. The summed E-state index contributed by atoms with van der Waals surface area (Å²) in [5.74, 6) is -0.170. The molecule has 0 heterocycles. The zero-order valence-electron chi connectivity index (χ0n) is 9.43. The highest BCUT2D eigenvalue weighted by atomic mass is 16.5. The number of methoxy groups -OCH3 is 1. The molecule has 16 heavy (non-hydrogen) atoms. The maximum absolute atomic E-state index is 10.4. The number of aliphatic carboxylic acids is 1. The normalized spacial score (nSPS) is 12.2. The molecule has 0 saturated heterocycles. The third-order valence-corrected chi connectivity index (χ3v) is 2.47. The number of benzene rings is 1. The monoisotopic (exact) mass is 224 g/mol. The molecule has 2 N–H and O–H groups in total. The van der Waals surface area contributed by atoms with Gasteiger partial charge in [-0.2, -0.15) is 0 Å². The van der Waals surface area contributed by atoms with Crippen LogP contribution in [0, 0.1) is 6.92 Å². The second-order valence-electron chi connectivity index (χ2n) is 3.67. The highest BCUT2D eigenvalue weighted by Crippen LogP contribution is 2.25. The van der Waals surface area contributed by atoms with Crippen LogP contribution in [0.2, 0.25) is 0 Å². The zero-order valence-corrected chi connectivity index (χ0v) is 9.43. The minimum absolute atomic E-state index is 0.0351. The van der Waals surface area contributed by atoms with Crippen molar-refractivity contribution in [2.75, 3.05) is 7.11 Å². The van der Waals surface area contributed by atoms with Crippen molar-refractivity contribution in [1.29, 1.82) is 0 Å². The molecule has 1 rings (SSSR count). The average molecular weight is 224 g/mol. The van der Waals surface area contributed by atoms with Gasteiger partial charge in [-0.25, -0.2) is 0 Å². The van der Waals surface area contributed by atoms with Gasteiger partial charge in [0.2, 0.25) is 0 Å². The Hall–Kier alpha value is -1.55. The maximum Gasteiger partial charge on any atom is 0.303 e. The predicted molar refractivity (Wildman–Crippen MR) is 59.6 cm³/mol. The van der Waals surface area contributed by atoms with Crippen LogP contribution in [0.5, 0.6) is 5.75 Å². The zero-order chi connectivity index (χ0) is 12.1. The first kappa shape index (κ1) is 12.5. The van der Waals surface area contributed by atoms with Crippen LogP contribution in [0.3, 0.4) is 0 Å². The molecule has 0 aliphatic heterocycles. The molecule has 0 amide bonds. The molecule has 4 heteroatoms. The van der Waals surface area contributed by atoms with E-state index in [2.05, 4.69) is 0 Å². The molecular formula is C12H16O4. The smallest absolute Gasteiger partial charge is 0.303 e. The summed E-state index contributed by atoms with van der Waals surface area (Å²) in [5, 5.41) is 18.3. The Morgan fingerprint density at radius 1 is 1.50 bits per heavy atom. The molecule has 0 aliphatic carbocycles. The number of hydrogen-bond acceptors (Lipinski definition) is 3. The fraction of sp³-hybridized carbons (Fsp3) is 0.417. The molecule has 0 bridgehead atoms. The molecule has 0 saturated carbocycles. The van der Waals surface area contributed by atoms with E-state index < -0.39 is 12.1 Å². The number of aryl methyl sites for hydroxylation is 1. The third kappa shape index (κ3) is 3.24. The molecule has 1 atom stereocenters. The second-order valence-corrected chi connectivity index (χ2v) is 3.67. The minimum Gasteiger partial charge on any atom is -0.497 e. The van der Waals surface area contributed by atoms with Crippen LogP contribution >= 0.6 is 0 Å². The van der Waals surface area contributed by atoms with E-state index in [0.717, 1.165) is 16.9 Å².